The summed E-state index contributed by atoms with van der Waals surface area (Å²) < 4.78 is 1.96. The Morgan fingerprint density at radius 3 is 3.18 bits per heavy atom. The molecular weight excluding hydrogens is 220 g/mol. The number of nitrogens with zero attached hydrogens (tertiary/aromatic N) is 4. The summed E-state index contributed by atoms with van der Waals surface area (Å²) in [5.41, 5.74) is 0.415. The molecule has 0 aromatic carbocycles. The standard InChI is InChI=1S/C10H12N6O/c17-9(7-4-5-11-13-7)12-10-15-14-8-3-1-2-6-16(8)10/h4-5H,1-3,6H2,(H,11,13)(H,12,15,17). The fraction of sp³-hybridized carbons (Fsp3) is 0.400. The molecule has 0 saturated carbocycles. The van der Waals surface area contributed by atoms with Crippen LogP contribution in [0.1, 0.15) is 29.2 Å². The van der Waals surface area contributed by atoms with Crippen molar-refractivity contribution < 1.29 is 4.79 Å². The van der Waals surface area contributed by atoms with Gasteiger partial charge in [0.25, 0.3) is 5.91 Å². The number of rotatable bonds is 2. The van der Waals surface area contributed by atoms with E-state index in [1.54, 1.807) is 6.07 Å². The minimum atomic E-state index is -0.247. The van der Waals surface area contributed by atoms with Gasteiger partial charge >= 0.3 is 0 Å². The zero-order valence-electron chi connectivity index (χ0n) is 9.18. The molecular formula is C10H12N6O. The first kappa shape index (κ1) is 10.0. The third kappa shape index (κ3) is 1.79. The zero-order valence-corrected chi connectivity index (χ0v) is 9.18. The highest BCUT2D eigenvalue weighted by Crippen LogP contribution is 2.17. The number of aryl methyl sites for hydroxylation is 1. The lowest BCUT2D eigenvalue weighted by molar-refractivity contribution is 0.102. The van der Waals surface area contributed by atoms with Crippen molar-refractivity contribution in [3.8, 4) is 0 Å². The number of aromatic amines is 1. The Morgan fingerprint density at radius 1 is 1.41 bits per heavy atom. The van der Waals surface area contributed by atoms with E-state index in [0.29, 0.717) is 11.6 Å². The highest BCUT2D eigenvalue weighted by Gasteiger charge is 2.18. The molecule has 0 spiro atoms. The first-order valence-electron chi connectivity index (χ1n) is 5.57. The normalized spacial score (nSPS) is 14.4. The van der Waals surface area contributed by atoms with Crippen LogP contribution in [0.25, 0.3) is 0 Å². The van der Waals surface area contributed by atoms with Gasteiger partial charge in [-0.15, -0.1) is 10.2 Å². The molecule has 3 rings (SSSR count). The van der Waals surface area contributed by atoms with Crippen LogP contribution in [0.5, 0.6) is 0 Å². The van der Waals surface area contributed by atoms with E-state index >= 15 is 0 Å². The second-order valence-electron chi connectivity index (χ2n) is 3.97. The van der Waals surface area contributed by atoms with Gasteiger partial charge in [-0.1, -0.05) is 0 Å². The maximum atomic E-state index is 11.8. The number of hydrogen-bond acceptors (Lipinski definition) is 4. The molecule has 0 bridgehead atoms. The maximum Gasteiger partial charge on any atom is 0.276 e. The van der Waals surface area contributed by atoms with Crippen molar-refractivity contribution in [2.75, 3.05) is 5.32 Å². The molecule has 0 saturated heterocycles. The highest BCUT2D eigenvalue weighted by molar-refractivity contribution is 6.01. The van der Waals surface area contributed by atoms with E-state index in [-0.39, 0.29) is 5.91 Å². The molecule has 0 unspecified atom stereocenters. The topological polar surface area (TPSA) is 88.5 Å². The van der Waals surface area contributed by atoms with Crippen molar-refractivity contribution in [1.29, 1.82) is 0 Å². The quantitative estimate of drug-likeness (QED) is 0.793. The average molecular weight is 232 g/mol. The fourth-order valence-corrected chi connectivity index (χ4v) is 1.95. The second kappa shape index (κ2) is 4.00. The molecule has 7 heteroatoms. The lowest BCUT2D eigenvalue weighted by atomic mass is 10.2. The second-order valence-corrected chi connectivity index (χ2v) is 3.97. The van der Waals surface area contributed by atoms with Crippen molar-refractivity contribution in [3.63, 3.8) is 0 Å². The molecule has 0 aliphatic carbocycles. The van der Waals surface area contributed by atoms with Crippen LogP contribution in [-0.2, 0) is 13.0 Å². The van der Waals surface area contributed by atoms with E-state index in [1.165, 1.54) is 6.20 Å². The van der Waals surface area contributed by atoms with Gasteiger partial charge in [-0.2, -0.15) is 5.10 Å². The summed E-state index contributed by atoms with van der Waals surface area (Å²) in [6.45, 7) is 0.862. The smallest absolute Gasteiger partial charge is 0.276 e. The summed E-state index contributed by atoms with van der Waals surface area (Å²) >= 11 is 0. The Balaban J connectivity index is 1.81. The SMILES string of the molecule is O=C(Nc1nnc2n1CCCC2)c1ccn[nH]1. The molecule has 1 aliphatic rings. The van der Waals surface area contributed by atoms with E-state index in [1.807, 2.05) is 4.57 Å². The molecule has 0 fully saturated rings. The Bertz CT molecular complexity index is 529. The molecule has 0 radical (unpaired) electrons. The van der Waals surface area contributed by atoms with E-state index in [0.717, 1.165) is 31.6 Å². The van der Waals surface area contributed by atoms with Gasteiger partial charge in [-0.3, -0.25) is 19.8 Å². The summed E-state index contributed by atoms with van der Waals surface area (Å²) in [5, 5.41) is 17.1. The number of H-pyrrole nitrogens is 1. The van der Waals surface area contributed by atoms with Crippen molar-refractivity contribution in [2.45, 2.75) is 25.8 Å². The van der Waals surface area contributed by atoms with Gasteiger partial charge in [-0.05, 0) is 18.9 Å². The zero-order chi connectivity index (χ0) is 11.7. The van der Waals surface area contributed by atoms with Crippen LogP contribution in [0.4, 0.5) is 5.95 Å². The van der Waals surface area contributed by atoms with Crippen molar-refractivity contribution >= 4 is 11.9 Å². The molecule has 2 aromatic rings. The number of amides is 1. The largest absolute Gasteiger partial charge is 0.297 e. The van der Waals surface area contributed by atoms with E-state index in [4.69, 9.17) is 0 Å². The summed E-state index contributed by atoms with van der Waals surface area (Å²) in [4.78, 5) is 11.8. The average Bonchev–Trinajstić information content (AvgIpc) is 2.98. The van der Waals surface area contributed by atoms with Crippen molar-refractivity contribution in [3.05, 3.63) is 23.8 Å². The third-order valence-corrected chi connectivity index (χ3v) is 2.83. The van der Waals surface area contributed by atoms with Crippen LogP contribution < -0.4 is 5.32 Å². The molecule has 3 heterocycles. The molecule has 1 aliphatic heterocycles. The Hall–Kier alpha value is -2.18. The maximum absolute atomic E-state index is 11.8. The van der Waals surface area contributed by atoms with E-state index < -0.39 is 0 Å². The van der Waals surface area contributed by atoms with Crippen molar-refractivity contribution in [1.82, 2.24) is 25.0 Å². The van der Waals surface area contributed by atoms with E-state index in [9.17, 15) is 4.79 Å². The fourth-order valence-electron chi connectivity index (χ4n) is 1.95. The number of aromatic nitrogens is 5. The number of carbonyl (C=O) groups excluding carboxylic acids is 1. The summed E-state index contributed by atoms with van der Waals surface area (Å²) in [7, 11) is 0. The molecule has 2 N–H and O–H groups in total. The van der Waals surface area contributed by atoms with Crippen LogP contribution >= 0.6 is 0 Å². The predicted octanol–water partition coefficient (Wildman–Crippen LogP) is 0.590. The van der Waals surface area contributed by atoms with Crippen LogP contribution in [-0.4, -0.2) is 30.9 Å². The molecule has 0 atom stereocenters. The van der Waals surface area contributed by atoms with Gasteiger partial charge < -0.3 is 0 Å². The first-order chi connectivity index (χ1) is 8.34. The van der Waals surface area contributed by atoms with Gasteiger partial charge in [0.2, 0.25) is 5.95 Å². The van der Waals surface area contributed by atoms with Gasteiger partial charge in [0.1, 0.15) is 11.5 Å². The van der Waals surface area contributed by atoms with E-state index in [2.05, 4.69) is 25.7 Å². The Labute approximate surface area is 97.2 Å². The van der Waals surface area contributed by atoms with Gasteiger partial charge in [0.05, 0.1) is 0 Å². The van der Waals surface area contributed by atoms with Crippen LogP contribution in [0, 0.1) is 0 Å². The Kier molecular flexibility index (Phi) is 2.36. The lowest BCUT2D eigenvalue weighted by Gasteiger charge is -2.14. The monoisotopic (exact) mass is 232 g/mol. The number of nitrogens with one attached hydrogen (secondary N) is 2. The Morgan fingerprint density at radius 2 is 2.35 bits per heavy atom. The number of anilines is 1. The number of hydrogen-bond donors (Lipinski definition) is 2. The number of fused-ring (bicyclic) bond motifs is 1. The van der Waals surface area contributed by atoms with Gasteiger partial charge in [0, 0.05) is 19.2 Å². The number of carbonyl (C=O) groups is 1. The van der Waals surface area contributed by atoms with Crippen molar-refractivity contribution in [2.24, 2.45) is 0 Å². The molecule has 2 aromatic heterocycles. The third-order valence-electron chi connectivity index (χ3n) is 2.83. The summed E-state index contributed by atoms with van der Waals surface area (Å²) in [6.07, 6.45) is 4.69. The minimum Gasteiger partial charge on any atom is -0.297 e. The highest BCUT2D eigenvalue weighted by atomic mass is 16.2. The summed E-state index contributed by atoms with van der Waals surface area (Å²) in [6, 6.07) is 1.61. The minimum absolute atomic E-state index is 0.247. The summed E-state index contributed by atoms with van der Waals surface area (Å²) in [5.74, 6) is 1.21. The molecule has 88 valence electrons. The predicted molar refractivity (Wildman–Crippen MR) is 59.5 cm³/mol. The molecule has 1 amide bonds. The van der Waals surface area contributed by atoms with Crippen LogP contribution in [0.2, 0.25) is 0 Å². The van der Waals surface area contributed by atoms with Gasteiger partial charge in [0.15, 0.2) is 0 Å². The molecule has 7 nitrogen and oxygen atoms in total. The first-order valence-corrected chi connectivity index (χ1v) is 5.57. The van der Waals surface area contributed by atoms with Gasteiger partial charge in [-0.25, -0.2) is 0 Å². The van der Waals surface area contributed by atoms with Crippen LogP contribution in [0.15, 0.2) is 12.3 Å². The molecule has 17 heavy (non-hydrogen) atoms. The van der Waals surface area contributed by atoms with Crippen LogP contribution in [0.3, 0.4) is 0 Å². The lowest BCUT2D eigenvalue weighted by Crippen LogP contribution is -2.19.